The van der Waals surface area contributed by atoms with Crippen LogP contribution in [0.3, 0.4) is 0 Å². The summed E-state index contributed by atoms with van der Waals surface area (Å²) in [6.07, 6.45) is 0.900. The highest BCUT2D eigenvalue weighted by Gasteiger charge is 2.10. The molecule has 0 aliphatic rings. The van der Waals surface area contributed by atoms with Gasteiger partial charge in [-0.2, -0.15) is 0 Å². The number of benzene rings is 1. The van der Waals surface area contributed by atoms with Crippen LogP contribution in [0.2, 0.25) is 0 Å². The van der Waals surface area contributed by atoms with Crippen molar-refractivity contribution in [2.24, 2.45) is 4.99 Å². The Kier molecular flexibility index (Phi) is 12.0. The molecule has 0 atom stereocenters. The van der Waals surface area contributed by atoms with Crippen LogP contribution < -0.4 is 15.4 Å². The number of hydrogen-bond acceptors (Lipinski definition) is 4. The number of nitrogens with one attached hydrogen (secondary N) is 3. The summed E-state index contributed by atoms with van der Waals surface area (Å²) in [7, 11) is -0.323. The van der Waals surface area contributed by atoms with E-state index in [2.05, 4.69) is 20.3 Å². The third-order valence-corrected chi connectivity index (χ3v) is 4.51. The van der Waals surface area contributed by atoms with Crippen molar-refractivity contribution in [1.29, 1.82) is 0 Å². The summed E-state index contributed by atoms with van der Waals surface area (Å²) >= 11 is 0. The van der Waals surface area contributed by atoms with Crippen LogP contribution in [-0.4, -0.2) is 48.2 Å². The van der Waals surface area contributed by atoms with Crippen molar-refractivity contribution in [1.82, 2.24) is 15.4 Å². The van der Waals surface area contributed by atoms with Crippen LogP contribution in [0.4, 0.5) is 0 Å². The lowest BCUT2D eigenvalue weighted by Crippen LogP contribution is -2.38. The van der Waals surface area contributed by atoms with Gasteiger partial charge < -0.3 is 15.4 Å². The zero-order chi connectivity index (χ0) is 17.1. The Hall–Kier alpha value is -0.910. The van der Waals surface area contributed by atoms with Crippen LogP contribution >= 0.6 is 24.0 Å². The van der Waals surface area contributed by atoms with Crippen molar-refractivity contribution in [2.75, 3.05) is 33.9 Å². The van der Waals surface area contributed by atoms with Gasteiger partial charge in [0.15, 0.2) is 5.96 Å². The van der Waals surface area contributed by atoms with Gasteiger partial charge in [0, 0.05) is 26.8 Å². The molecule has 24 heavy (non-hydrogen) atoms. The monoisotopic (exact) mass is 470 g/mol. The predicted octanol–water partition coefficient (Wildman–Crippen LogP) is 1.30. The van der Waals surface area contributed by atoms with Crippen LogP contribution in [0.5, 0.6) is 0 Å². The maximum atomic E-state index is 11.7. The first-order valence-corrected chi connectivity index (χ1v) is 9.05. The summed E-state index contributed by atoms with van der Waals surface area (Å²) in [4.78, 5) is 4.73. The van der Waals surface area contributed by atoms with Crippen molar-refractivity contribution in [2.45, 2.75) is 24.8 Å². The lowest BCUT2D eigenvalue weighted by atomic mass is 10.2. The molecule has 7 nitrogen and oxygen atoms in total. The number of aliphatic imine (C=N–C) groups is 1. The van der Waals surface area contributed by atoms with E-state index in [-0.39, 0.29) is 28.9 Å². The molecule has 0 aliphatic carbocycles. The number of hydrogen-bond donors (Lipinski definition) is 3. The number of nitrogens with zero attached hydrogens (tertiary/aromatic N) is 1. The normalized spacial score (nSPS) is 11.7. The molecule has 0 amide bonds. The van der Waals surface area contributed by atoms with Gasteiger partial charge in [0.2, 0.25) is 10.0 Å². The minimum atomic E-state index is -3.39. The quantitative estimate of drug-likeness (QED) is 0.219. The molecule has 138 valence electrons. The number of methoxy groups -OCH3 is 1. The van der Waals surface area contributed by atoms with E-state index in [1.165, 1.54) is 7.05 Å². The van der Waals surface area contributed by atoms with E-state index in [1.807, 2.05) is 6.92 Å². The van der Waals surface area contributed by atoms with E-state index in [4.69, 9.17) is 4.74 Å². The van der Waals surface area contributed by atoms with E-state index >= 15 is 0 Å². The Morgan fingerprint density at radius 2 is 1.88 bits per heavy atom. The SMILES string of the molecule is CCNC(=NCc1ccc(S(=O)(=O)NC)cc1)NCCCOC.I. The fourth-order valence-corrected chi connectivity index (χ4v) is 2.56. The van der Waals surface area contributed by atoms with E-state index in [1.54, 1.807) is 31.4 Å². The molecule has 1 aromatic rings. The summed E-state index contributed by atoms with van der Waals surface area (Å²) in [5.41, 5.74) is 0.939. The minimum Gasteiger partial charge on any atom is -0.385 e. The largest absolute Gasteiger partial charge is 0.385 e. The van der Waals surface area contributed by atoms with Gasteiger partial charge in [0.05, 0.1) is 11.4 Å². The maximum Gasteiger partial charge on any atom is 0.240 e. The standard InChI is InChI=1S/C15H26N4O3S.HI/c1-4-17-15(18-10-5-11-22-3)19-12-13-6-8-14(9-7-13)23(20,21)16-2;/h6-9,16H,4-5,10-12H2,1-3H3,(H2,17,18,19);1H. The lowest BCUT2D eigenvalue weighted by molar-refractivity contribution is 0.195. The molecular weight excluding hydrogens is 443 g/mol. The molecule has 0 fully saturated rings. The second-order valence-electron chi connectivity index (χ2n) is 4.82. The van der Waals surface area contributed by atoms with Crippen molar-refractivity contribution in [3.8, 4) is 0 Å². The molecule has 1 aromatic carbocycles. The number of ether oxygens (including phenoxy) is 1. The highest BCUT2D eigenvalue weighted by Crippen LogP contribution is 2.10. The second kappa shape index (κ2) is 12.5. The molecule has 0 aromatic heterocycles. The van der Waals surface area contributed by atoms with Crippen LogP contribution in [0.1, 0.15) is 18.9 Å². The van der Waals surface area contributed by atoms with E-state index < -0.39 is 10.0 Å². The first kappa shape index (κ1) is 23.1. The average molecular weight is 470 g/mol. The van der Waals surface area contributed by atoms with Crippen molar-refractivity contribution in [3.05, 3.63) is 29.8 Å². The zero-order valence-corrected chi connectivity index (χ0v) is 17.5. The number of rotatable bonds is 9. The third kappa shape index (κ3) is 8.27. The average Bonchev–Trinajstić information content (AvgIpc) is 2.56. The topological polar surface area (TPSA) is 91.8 Å². The van der Waals surface area contributed by atoms with E-state index in [9.17, 15) is 8.42 Å². The highest BCUT2D eigenvalue weighted by molar-refractivity contribution is 14.0. The molecule has 3 N–H and O–H groups in total. The summed E-state index contributed by atoms with van der Waals surface area (Å²) in [6, 6.07) is 6.69. The van der Waals surface area contributed by atoms with Crippen molar-refractivity contribution in [3.63, 3.8) is 0 Å². The predicted molar refractivity (Wildman–Crippen MR) is 107 cm³/mol. The van der Waals surface area contributed by atoms with Gasteiger partial charge >= 0.3 is 0 Å². The van der Waals surface area contributed by atoms with E-state index in [0.29, 0.717) is 13.2 Å². The Bertz CT molecular complexity index is 591. The Labute approximate surface area is 161 Å². The molecule has 0 saturated heterocycles. The molecule has 0 saturated carbocycles. The molecular formula is C15H27IN4O3S. The molecule has 0 spiro atoms. The smallest absolute Gasteiger partial charge is 0.240 e. The number of guanidine groups is 1. The Morgan fingerprint density at radius 3 is 2.42 bits per heavy atom. The van der Waals surface area contributed by atoms with Crippen LogP contribution in [0.25, 0.3) is 0 Å². The number of sulfonamides is 1. The summed E-state index contributed by atoms with van der Waals surface area (Å²) in [5, 5.41) is 6.39. The minimum absolute atomic E-state index is 0. The van der Waals surface area contributed by atoms with Crippen molar-refractivity contribution < 1.29 is 13.2 Å². The van der Waals surface area contributed by atoms with Gasteiger partial charge in [-0.3, -0.25) is 0 Å². The molecule has 0 aliphatic heterocycles. The van der Waals surface area contributed by atoms with Crippen LogP contribution in [0, 0.1) is 0 Å². The second-order valence-corrected chi connectivity index (χ2v) is 6.71. The molecule has 0 heterocycles. The highest BCUT2D eigenvalue weighted by atomic mass is 127. The Morgan fingerprint density at radius 1 is 1.21 bits per heavy atom. The molecule has 0 unspecified atom stereocenters. The van der Waals surface area contributed by atoms with Gasteiger partial charge in [0.1, 0.15) is 0 Å². The molecule has 1 rings (SSSR count). The summed E-state index contributed by atoms with van der Waals surface area (Å²) in [6.45, 7) is 4.73. The summed E-state index contributed by atoms with van der Waals surface area (Å²) in [5.74, 6) is 0.732. The van der Waals surface area contributed by atoms with Gasteiger partial charge in [-0.1, -0.05) is 12.1 Å². The molecule has 0 bridgehead atoms. The fourth-order valence-electron chi connectivity index (χ4n) is 1.83. The van der Waals surface area contributed by atoms with Crippen LogP contribution in [-0.2, 0) is 21.3 Å². The first-order chi connectivity index (χ1) is 11.0. The van der Waals surface area contributed by atoms with Crippen molar-refractivity contribution >= 4 is 40.0 Å². The van der Waals surface area contributed by atoms with Gasteiger partial charge in [-0.25, -0.2) is 18.1 Å². The Balaban J connectivity index is 0.00000529. The van der Waals surface area contributed by atoms with E-state index in [0.717, 1.165) is 31.0 Å². The zero-order valence-electron chi connectivity index (χ0n) is 14.3. The third-order valence-electron chi connectivity index (χ3n) is 3.08. The molecule has 0 radical (unpaired) electrons. The fraction of sp³-hybridized carbons (Fsp3) is 0.533. The van der Waals surface area contributed by atoms with Gasteiger partial charge in [0.25, 0.3) is 0 Å². The number of halogens is 1. The summed E-state index contributed by atoms with van der Waals surface area (Å²) < 4.78 is 30.6. The first-order valence-electron chi connectivity index (χ1n) is 7.57. The lowest BCUT2D eigenvalue weighted by Gasteiger charge is -2.11. The van der Waals surface area contributed by atoms with Gasteiger partial charge in [-0.15, -0.1) is 24.0 Å². The van der Waals surface area contributed by atoms with Gasteiger partial charge in [-0.05, 0) is 38.1 Å². The van der Waals surface area contributed by atoms with Crippen LogP contribution in [0.15, 0.2) is 34.2 Å². The molecule has 9 heteroatoms. The maximum absolute atomic E-state index is 11.7.